The minimum Gasteiger partial charge on any atom is -0.467 e. The summed E-state index contributed by atoms with van der Waals surface area (Å²) in [6, 6.07) is 15.2. The molecule has 3 aromatic rings. The molecule has 0 aliphatic rings. The maximum Gasteiger partial charge on any atom is 0.333 e. The molecule has 0 radical (unpaired) electrons. The normalized spacial score (nSPS) is 11.6. The number of nitrogens with zero attached hydrogens (tertiary/aromatic N) is 1. The van der Waals surface area contributed by atoms with Gasteiger partial charge in [0.1, 0.15) is 11.4 Å². The van der Waals surface area contributed by atoms with Crippen molar-refractivity contribution in [1.29, 1.82) is 0 Å². The van der Waals surface area contributed by atoms with E-state index in [1.807, 2.05) is 13.8 Å². The number of hydrogen-bond acceptors (Lipinski definition) is 4. The van der Waals surface area contributed by atoms with Gasteiger partial charge >= 0.3 is 5.97 Å². The Kier molecular flexibility index (Phi) is 8.35. The number of ether oxygens (including phenoxy) is 1. The number of esters is 1. The maximum absolute atomic E-state index is 13.5. The second-order valence-electron chi connectivity index (χ2n) is 7.99. The van der Waals surface area contributed by atoms with Crippen LogP contribution in [0.5, 0.6) is 0 Å². The molecule has 0 unspecified atom stereocenters. The van der Waals surface area contributed by atoms with Crippen molar-refractivity contribution in [3.63, 3.8) is 0 Å². The summed E-state index contributed by atoms with van der Waals surface area (Å²) >= 11 is 0. The molecule has 1 aromatic heterocycles. The van der Waals surface area contributed by atoms with Crippen molar-refractivity contribution in [3.8, 4) is 0 Å². The van der Waals surface area contributed by atoms with Crippen LogP contribution < -0.4 is 10.9 Å². The fourth-order valence-corrected chi connectivity index (χ4v) is 3.95. The lowest BCUT2D eigenvalue weighted by atomic mass is 10.0. The van der Waals surface area contributed by atoms with Crippen LogP contribution in [0.2, 0.25) is 0 Å². The number of methoxy groups -OCH3 is 1. The fourth-order valence-electron chi connectivity index (χ4n) is 3.95. The van der Waals surface area contributed by atoms with E-state index in [4.69, 9.17) is 4.74 Å². The summed E-state index contributed by atoms with van der Waals surface area (Å²) < 4.78 is 19.8. The molecule has 0 aliphatic heterocycles. The summed E-state index contributed by atoms with van der Waals surface area (Å²) in [5, 5.41) is 2.67. The summed E-state index contributed by atoms with van der Waals surface area (Å²) in [7, 11) is 1.24. The molecule has 0 bridgehead atoms. The molecule has 0 saturated heterocycles. The third-order valence-corrected chi connectivity index (χ3v) is 5.70. The first-order valence-corrected chi connectivity index (χ1v) is 11.3. The third-order valence-electron chi connectivity index (χ3n) is 5.70. The van der Waals surface area contributed by atoms with Gasteiger partial charge in [0.25, 0.3) is 11.5 Å². The Morgan fingerprint density at radius 2 is 1.74 bits per heavy atom. The lowest BCUT2D eigenvalue weighted by Crippen LogP contribution is -2.39. The molecular weight excluding hydrogens is 435 g/mol. The number of aromatic nitrogens is 1. The quantitative estimate of drug-likeness (QED) is 0.482. The van der Waals surface area contributed by atoms with E-state index < -0.39 is 23.5 Å². The molecule has 0 spiro atoms. The van der Waals surface area contributed by atoms with Crippen LogP contribution in [0.1, 0.15) is 59.1 Å². The number of hydrogen-bond donors (Lipinski definition) is 1. The van der Waals surface area contributed by atoms with Crippen LogP contribution in [-0.4, -0.2) is 23.6 Å². The Balaban J connectivity index is 2.06. The van der Waals surface area contributed by atoms with Gasteiger partial charge in [-0.2, -0.15) is 0 Å². The molecule has 7 heteroatoms. The highest BCUT2D eigenvalue weighted by atomic mass is 19.1. The molecule has 1 N–H and O–H groups in total. The molecule has 178 valence electrons. The number of rotatable bonds is 9. The molecule has 34 heavy (non-hydrogen) atoms. The number of nitrogens with one attached hydrogen (secondary N) is 1. The molecule has 3 rings (SSSR count). The highest BCUT2D eigenvalue weighted by Crippen LogP contribution is 2.18. The van der Waals surface area contributed by atoms with Crippen molar-refractivity contribution < 1.29 is 18.7 Å². The number of pyridine rings is 1. The minimum absolute atomic E-state index is 0.0522. The van der Waals surface area contributed by atoms with Gasteiger partial charge in [-0.05, 0) is 47.7 Å². The third kappa shape index (κ3) is 5.60. The first kappa shape index (κ1) is 24.9. The van der Waals surface area contributed by atoms with Crippen molar-refractivity contribution in [1.82, 2.24) is 9.88 Å². The zero-order valence-corrected chi connectivity index (χ0v) is 19.6. The molecule has 0 saturated carbocycles. The molecule has 1 atom stereocenters. The summed E-state index contributed by atoms with van der Waals surface area (Å²) in [6.45, 7) is 4.19. The van der Waals surface area contributed by atoms with Crippen LogP contribution >= 0.6 is 0 Å². The van der Waals surface area contributed by atoms with Crippen LogP contribution in [0.3, 0.4) is 0 Å². The Morgan fingerprint density at radius 1 is 1.06 bits per heavy atom. The van der Waals surface area contributed by atoms with E-state index >= 15 is 0 Å². The average molecular weight is 465 g/mol. The lowest BCUT2D eigenvalue weighted by Gasteiger charge is -2.20. The molecular formula is C27H29FN2O4. The molecule has 2 aromatic carbocycles. The second kappa shape index (κ2) is 11.4. The lowest BCUT2D eigenvalue weighted by molar-refractivity contribution is -0.143. The van der Waals surface area contributed by atoms with Gasteiger partial charge in [0.05, 0.1) is 13.7 Å². The van der Waals surface area contributed by atoms with Gasteiger partial charge in [-0.3, -0.25) is 9.59 Å². The molecule has 0 fully saturated rings. The van der Waals surface area contributed by atoms with E-state index in [9.17, 15) is 18.8 Å². The highest BCUT2D eigenvalue weighted by Gasteiger charge is 2.26. The van der Waals surface area contributed by atoms with E-state index in [-0.39, 0.29) is 17.9 Å². The van der Waals surface area contributed by atoms with E-state index in [0.29, 0.717) is 18.4 Å². The maximum atomic E-state index is 13.5. The second-order valence-corrected chi connectivity index (χ2v) is 7.99. The van der Waals surface area contributed by atoms with Gasteiger partial charge in [-0.1, -0.05) is 62.7 Å². The van der Waals surface area contributed by atoms with Gasteiger partial charge < -0.3 is 14.6 Å². The predicted molar refractivity (Wildman–Crippen MR) is 128 cm³/mol. The zero-order chi connectivity index (χ0) is 24.7. The van der Waals surface area contributed by atoms with E-state index in [2.05, 4.69) is 5.32 Å². The van der Waals surface area contributed by atoms with Crippen LogP contribution in [0.25, 0.3) is 0 Å². The van der Waals surface area contributed by atoms with Crippen molar-refractivity contribution >= 4 is 11.9 Å². The van der Waals surface area contributed by atoms with Crippen molar-refractivity contribution in [2.24, 2.45) is 0 Å². The Hall–Kier alpha value is -3.74. The first-order valence-electron chi connectivity index (χ1n) is 11.3. The number of carbonyl (C=O) groups is 2. The van der Waals surface area contributed by atoms with Crippen LogP contribution in [0, 0.1) is 5.82 Å². The van der Waals surface area contributed by atoms with Gasteiger partial charge in [0.2, 0.25) is 0 Å². The van der Waals surface area contributed by atoms with E-state index in [1.54, 1.807) is 53.1 Å². The molecule has 1 amide bonds. The average Bonchev–Trinajstić information content (AvgIpc) is 2.86. The predicted octanol–water partition coefficient (Wildman–Crippen LogP) is 4.19. The van der Waals surface area contributed by atoms with Crippen molar-refractivity contribution in [2.75, 3.05) is 7.11 Å². The number of benzene rings is 2. The Bertz CT molecular complexity index is 1200. The van der Waals surface area contributed by atoms with Gasteiger partial charge in [-0.15, -0.1) is 0 Å². The number of halogens is 1. The number of amides is 1. The van der Waals surface area contributed by atoms with Gasteiger partial charge in [0, 0.05) is 5.69 Å². The van der Waals surface area contributed by atoms with Gasteiger partial charge in [0.15, 0.2) is 6.04 Å². The van der Waals surface area contributed by atoms with Crippen LogP contribution in [0.4, 0.5) is 4.39 Å². The Morgan fingerprint density at radius 3 is 2.32 bits per heavy atom. The zero-order valence-electron chi connectivity index (χ0n) is 19.6. The first-order chi connectivity index (χ1) is 16.4. The van der Waals surface area contributed by atoms with Crippen molar-refractivity contribution in [2.45, 2.75) is 45.7 Å². The summed E-state index contributed by atoms with van der Waals surface area (Å²) in [5.41, 5.74) is 2.51. The monoisotopic (exact) mass is 464 g/mol. The van der Waals surface area contributed by atoms with Crippen LogP contribution in [-0.2, 0) is 28.9 Å². The summed E-state index contributed by atoms with van der Waals surface area (Å²) in [5.74, 6) is -1.65. The number of carbonyl (C=O) groups excluding carboxylic acids is 2. The summed E-state index contributed by atoms with van der Waals surface area (Å²) in [6.07, 6.45) is 2.11. The molecule has 0 aliphatic carbocycles. The van der Waals surface area contributed by atoms with E-state index in [1.165, 1.54) is 19.2 Å². The van der Waals surface area contributed by atoms with Crippen LogP contribution in [0.15, 0.2) is 65.5 Å². The molecule has 6 nitrogen and oxygen atoms in total. The largest absolute Gasteiger partial charge is 0.467 e. The summed E-state index contributed by atoms with van der Waals surface area (Å²) in [4.78, 5) is 39.2. The van der Waals surface area contributed by atoms with Crippen molar-refractivity contribution in [3.05, 3.63) is 105 Å². The SMILES string of the molecule is CCCc1c(CC)cc(C(=O)N[C@H](C(=O)OC)c2ccccc2)c(=O)n1Cc1ccc(F)cc1. The van der Waals surface area contributed by atoms with E-state index in [0.717, 1.165) is 23.2 Å². The highest BCUT2D eigenvalue weighted by molar-refractivity contribution is 5.97. The molecule has 1 heterocycles. The minimum atomic E-state index is -1.05. The Labute approximate surface area is 198 Å². The van der Waals surface area contributed by atoms with Gasteiger partial charge in [-0.25, -0.2) is 9.18 Å². The number of aryl methyl sites for hydroxylation is 1. The smallest absolute Gasteiger partial charge is 0.333 e. The topological polar surface area (TPSA) is 77.4 Å². The fraction of sp³-hybridized carbons (Fsp3) is 0.296. The standard InChI is InChI=1S/C27H29FN2O4/c1-4-9-23-19(5-2)16-22(26(32)30(23)17-18-12-14-21(28)15-13-18)25(31)29-24(27(33)34-3)20-10-7-6-8-11-20/h6-8,10-16,24H,4-5,9,17H2,1-3H3,(H,29,31)/t24-/m0/s1.